The van der Waals surface area contributed by atoms with Crippen LogP contribution in [0.2, 0.25) is 0 Å². The first kappa shape index (κ1) is 31.9. The Morgan fingerprint density at radius 2 is 1.07 bits per heavy atom. The average molecular weight is 628 g/mol. The van der Waals surface area contributed by atoms with Gasteiger partial charge in [-0.05, 0) is 10.8 Å². The molecule has 5 aromatic carbocycles. The van der Waals surface area contributed by atoms with Crippen molar-refractivity contribution >= 4 is 24.8 Å². The van der Waals surface area contributed by atoms with Crippen molar-refractivity contribution in [2.24, 2.45) is 0 Å². The van der Waals surface area contributed by atoms with E-state index in [0.29, 0.717) is 0 Å². The molecule has 1 aliphatic rings. The fourth-order valence-electron chi connectivity index (χ4n) is 4.90. The van der Waals surface area contributed by atoms with Crippen LogP contribution < -0.4 is 0 Å². The molecule has 0 bridgehead atoms. The summed E-state index contributed by atoms with van der Waals surface area (Å²) in [6, 6.07) is 33.7. The van der Waals surface area contributed by atoms with Gasteiger partial charge >= 0.3 is 112 Å². The first-order valence-electron chi connectivity index (χ1n) is 14.9. The van der Waals surface area contributed by atoms with Crippen molar-refractivity contribution in [2.45, 2.75) is 72.6 Å². The predicted molar refractivity (Wildman–Crippen MR) is 182 cm³/mol. The molecular weight excluding hydrogens is 584 g/mol. The molecular formula is C41H44Zr. The van der Waals surface area contributed by atoms with Crippen LogP contribution >= 0.6 is 0 Å². The van der Waals surface area contributed by atoms with E-state index in [0.717, 1.165) is 6.42 Å². The number of hydrogen-bond donors (Lipinski definition) is 0. The third kappa shape index (κ3) is 8.29. The topological polar surface area (TPSA) is 0 Å². The third-order valence-electron chi connectivity index (χ3n) is 7.70. The Bertz CT molecular complexity index is 1580. The molecule has 0 heterocycles. The molecule has 5 aromatic rings. The van der Waals surface area contributed by atoms with Crippen LogP contribution in [0.25, 0.3) is 21.5 Å². The van der Waals surface area contributed by atoms with E-state index >= 15 is 0 Å². The minimum absolute atomic E-state index is 0.203. The van der Waals surface area contributed by atoms with Crippen LogP contribution in [-0.2, 0) is 35.1 Å². The summed E-state index contributed by atoms with van der Waals surface area (Å²) in [5.74, 6) is 0. The minimum Gasteiger partial charge on any atom is -0.273 e. The van der Waals surface area contributed by atoms with Crippen molar-refractivity contribution in [2.75, 3.05) is 0 Å². The Hall–Kier alpha value is -3.02. The molecule has 0 radical (unpaired) electrons. The summed E-state index contributed by atoms with van der Waals surface area (Å²) >= 11 is 1.46. The smallest absolute Gasteiger partial charge is 0.109 e. The minimum atomic E-state index is 0.203. The van der Waals surface area contributed by atoms with E-state index in [1.165, 1.54) is 82.4 Å². The molecule has 0 fully saturated rings. The number of aryl methyl sites for hydroxylation is 2. The normalized spacial score (nSPS) is 12.6. The van der Waals surface area contributed by atoms with Crippen LogP contribution in [0.5, 0.6) is 0 Å². The molecule has 1 aliphatic carbocycles. The molecule has 6 rings (SSSR count). The Morgan fingerprint density at radius 1 is 0.643 bits per heavy atom. The van der Waals surface area contributed by atoms with Gasteiger partial charge in [0.05, 0.1) is 0 Å². The van der Waals surface area contributed by atoms with Gasteiger partial charge in [-0.1, -0.05) is 76.9 Å². The SMILES string of the molecule is CC(C)(C)c1ccc2c(c1)[cH-]c1cc(C(C)(C)C)ccc12.Cc1ccc([C](=[Zr+2])c2ccc(C)cc2)cc1.[C-]1=CC=CC1. The van der Waals surface area contributed by atoms with Gasteiger partial charge in [-0.25, -0.2) is 12.2 Å². The summed E-state index contributed by atoms with van der Waals surface area (Å²) in [6.45, 7) is 17.9. The maximum Gasteiger partial charge on any atom is -0.109 e. The first-order valence-corrected chi connectivity index (χ1v) is 16.1. The standard InChI is InChI=1S/C21H25.C15H14.C5H5.Zr/c1-20(2,3)16-7-9-18-14(12-16)11-15-13-17(21(4,5)6)8-10-19(15)18;1-12-3-7-14(8-4-12)11-15-9-5-13(2)6-10-15;1-2-4-5-3-1;/h7-13H,1-6H3;3-10H,1-2H3;1-3H,4H2;/q-1;;-1;+2. The molecule has 0 spiro atoms. The zero-order valence-electron chi connectivity index (χ0n) is 26.6. The van der Waals surface area contributed by atoms with Gasteiger partial charge in [-0.3, -0.25) is 6.08 Å². The molecule has 0 N–H and O–H groups in total. The maximum absolute atomic E-state index is 2.99. The second-order valence-electron chi connectivity index (χ2n) is 13.4. The number of benzene rings is 4. The molecule has 0 aliphatic heterocycles. The number of allylic oxidation sites excluding steroid dienone is 4. The van der Waals surface area contributed by atoms with Gasteiger partial charge in [0.1, 0.15) is 0 Å². The van der Waals surface area contributed by atoms with Crippen LogP contribution in [0.15, 0.2) is 109 Å². The average Bonchev–Trinajstić information content (AvgIpc) is 3.64. The van der Waals surface area contributed by atoms with Crippen LogP contribution in [0.1, 0.15) is 81.3 Å². The number of rotatable bonds is 2. The molecule has 42 heavy (non-hydrogen) atoms. The van der Waals surface area contributed by atoms with E-state index in [9.17, 15) is 0 Å². The zero-order valence-corrected chi connectivity index (χ0v) is 29.1. The predicted octanol–water partition coefficient (Wildman–Crippen LogP) is 11.0. The van der Waals surface area contributed by atoms with Gasteiger partial charge in [0.15, 0.2) is 0 Å². The zero-order chi connectivity index (χ0) is 30.5. The molecule has 212 valence electrons. The largest absolute Gasteiger partial charge is 0.273 e. The maximum atomic E-state index is 2.99. The molecule has 1 heteroatoms. The van der Waals surface area contributed by atoms with Gasteiger partial charge in [0.25, 0.3) is 0 Å². The van der Waals surface area contributed by atoms with Gasteiger partial charge in [0.2, 0.25) is 0 Å². The Labute approximate surface area is 268 Å². The molecule has 0 unspecified atom stereocenters. The van der Waals surface area contributed by atoms with Gasteiger partial charge in [-0.15, -0.1) is 46.2 Å². The van der Waals surface area contributed by atoms with Gasteiger partial charge in [0, 0.05) is 0 Å². The summed E-state index contributed by atoms with van der Waals surface area (Å²) in [7, 11) is 0. The van der Waals surface area contributed by atoms with Crippen molar-refractivity contribution in [1.29, 1.82) is 0 Å². The summed E-state index contributed by atoms with van der Waals surface area (Å²) in [5.41, 5.74) is 8.53. The van der Waals surface area contributed by atoms with E-state index in [2.05, 4.69) is 159 Å². The van der Waals surface area contributed by atoms with E-state index in [1.54, 1.807) is 0 Å². The van der Waals surface area contributed by atoms with E-state index in [1.807, 2.05) is 12.2 Å². The van der Waals surface area contributed by atoms with Gasteiger partial charge < -0.3 is 0 Å². The monoisotopic (exact) mass is 626 g/mol. The van der Waals surface area contributed by atoms with Crippen molar-refractivity contribution in [3.8, 4) is 0 Å². The second-order valence-corrected chi connectivity index (χ2v) is 14.6. The molecule has 0 atom stereocenters. The summed E-state index contributed by atoms with van der Waals surface area (Å²) < 4.78 is 1.42. The quantitative estimate of drug-likeness (QED) is 0.171. The second kappa shape index (κ2) is 13.5. The van der Waals surface area contributed by atoms with Crippen molar-refractivity contribution in [1.82, 2.24) is 0 Å². The molecule has 0 saturated heterocycles. The van der Waals surface area contributed by atoms with Crippen LogP contribution in [0.3, 0.4) is 0 Å². The van der Waals surface area contributed by atoms with E-state index in [-0.39, 0.29) is 10.8 Å². The summed E-state index contributed by atoms with van der Waals surface area (Å²) in [4.78, 5) is 0. The Kier molecular flexibility index (Phi) is 10.3. The molecule has 0 aromatic heterocycles. The third-order valence-corrected chi connectivity index (χ3v) is 9.12. The number of hydrogen-bond acceptors (Lipinski definition) is 0. The first-order chi connectivity index (χ1) is 19.8. The van der Waals surface area contributed by atoms with E-state index in [4.69, 9.17) is 0 Å². The van der Waals surface area contributed by atoms with Crippen LogP contribution in [-0.4, -0.2) is 3.21 Å². The Morgan fingerprint density at radius 3 is 1.38 bits per heavy atom. The van der Waals surface area contributed by atoms with Crippen LogP contribution in [0.4, 0.5) is 0 Å². The Balaban J connectivity index is 0.000000170. The molecule has 0 nitrogen and oxygen atoms in total. The van der Waals surface area contributed by atoms with Gasteiger partial charge in [-0.2, -0.15) is 6.08 Å². The molecule has 0 saturated carbocycles. The van der Waals surface area contributed by atoms with Crippen molar-refractivity contribution < 1.29 is 24.2 Å². The van der Waals surface area contributed by atoms with Crippen molar-refractivity contribution in [3.63, 3.8) is 0 Å². The fraction of sp³-hybridized carbons (Fsp3) is 0.268. The van der Waals surface area contributed by atoms with E-state index < -0.39 is 0 Å². The fourth-order valence-corrected chi connectivity index (χ4v) is 5.72. The summed E-state index contributed by atoms with van der Waals surface area (Å²) in [5, 5.41) is 5.48. The summed E-state index contributed by atoms with van der Waals surface area (Å²) in [6.07, 6.45) is 10.0. The number of fused-ring (bicyclic) bond motifs is 3. The molecule has 0 amide bonds. The van der Waals surface area contributed by atoms with Crippen LogP contribution in [0, 0.1) is 19.9 Å². The van der Waals surface area contributed by atoms with Crippen molar-refractivity contribution in [3.05, 3.63) is 149 Å².